The molecule has 0 aromatic rings. The number of nitrogens with one attached hydrogen (secondary N) is 2. The van der Waals surface area contributed by atoms with E-state index in [1.807, 2.05) is 0 Å². The maximum absolute atomic E-state index is 11.6. The molecular weight excluding hydrogens is 200 g/mol. The summed E-state index contributed by atoms with van der Waals surface area (Å²) >= 11 is 0. The molecule has 0 radical (unpaired) electrons. The molecule has 0 aromatic carbocycles. The Kier molecular flexibility index (Phi) is 5.81. The number of amides is 1. The van der Waals surface area contributed by atoms with Crippen LogP contribution in [0.4, 0.5) is 0 Å². The third kappa shape index (κ3) is 6.11. The minimum atomic E-state index is 0.195. The van der Waals surface area contributed by atoms with Crippen LogP contribution >= 0.6 is 0 Å². The lowest BCUT2D eigenvalue weighted by atomic mass is 10.1. The van der Waals surface area contributed by atoms with Crippen molar-refractivity contribution in [3.8, 4) is 0 Å². The van der Waals surface area contributed by atoms with Crippen LogP contribution in [-0.4, -0.2) is 24.5 Å². The van der Waals surface area contributed by atoms with Crippen molar-refractivity contribution < 1.29 is 4.79 Å². The van der Waals surface area contributed by atoms with Gasteiger partial charge in [0.05, 0.1) is 0 Å². The lowest BCUT2D eigenvalue weighted by Crippen LogP contribution is -2.37. The van der Waals surface area contributed by atoms with E-state index in [4.69, 9.17) is 0 Å². The van der Waals surface area contributed by atoms with Gasteiger partial charge in [0.1, 0.15) is 0 Å². The molecular formula is C13H26N2O. The lowest BCUT2D eigenvalue weighted by Gasteiger charge is -2.17. The van der Waals surface area contributed by atoms with Gasteiger partial charge in [-0.25, -0.2) is 0 Å². The topological polar surface area (TPSA) is 41.1 Å². The quantitative estimate of drug-likeness (QED) is 0.665. The molecule has 0 saturated heterocycles. The summed E-state index contributed by atoms with van der Waals surface area (Å²) in [7, 11) is 0. The average Bonchev–Trinajstić information content (AvgIpc) is 3.00. The van der Waals surface area contributed by atoms with Crippen LogP contribution in [0.1, 0.15) is 52.9 Å². The number of rotatable bonds is 8. The van der Waals surface area contributed by atoms with Gasteiger partial charge >= 0.3 is 0 Å². The number of carbonyl (C=O) groups is 1. The van der Waals surface area contributed by atoms with E-state index < -0.39 is 0 Å². The van der Waals surface area contributed by atoms with Crippen molar-refractivity contribution in [3.05, 3.63) is 0 Å². The van der Waals surface area contributed by atoms with Crippen molar-refractivity contribution in [2.75, 3.05) is 6.54 Å². The molecule has 0 bridgehead atoms. The Hall–Kier alpha value is -0.570. The summed E-state index contributed by atoms with van der Waals surface area (Å²) in [5.41, 5.74) is 0. The van der Waals surface area contributed by atoms with Crippen molar-refractivity contribution >= 4 is 5.91 Å². The van der Waals surface area contributed by atoms with Gasteiger partial charge < -0.3 is 10.6 Å². The highest BCUT2D eigenvalue weighted by Gasteiger charge is 2.25. The maximum atomic E-state index is 11.6. The third-order valence-electron chi connectivity index (χ3n) is 3.08. The highest BCUT2D eigenvalue weighted by Crippen LogP contribution is 2.33. The zero-order valence-corrected chi connectivity index (χ0v) is 10.9. The summed E-state index contributed by atoms with van der Waals surface area (Å²) in [5, 5.41) is 6.39. The largest absolute Gasteiger partial charge is 0.353 e. The van der Waals surface area contributed by atoms with Gasteiger partial charge in [-0.15, -0.1) is 0 Å². The van der Waals surface area contributed by atoms with E-state index in [0.29, 0.717) is 18.5 Å². The minimum Gasteiger partial charge on any atom is -0.353 e. The molecule has 1 atom stereocenters. The summed E-state index contributed by atoms with van der Waals surface area (Å²) in [4.78, 5) is 11.6. The molecule has 1 fully saturated rings. The van der Waals surface area contributed by atoms with E-state index in [1.54, 1.807) is 0 Å². The second-order valence-electron chi connectivity index (χ2n) is 5.21. The summed E-state index contributed by atoms with van der Waals surface area (Å²) in [6.45, 7) is 7.13. The first-order valence-corrected chi connectivity index (χ1v) is 6.64. The highest BCUT2D eigenvalue weighted by atomic mass is 16.1. The first-order chi connectivity index (χ1) is 7.61. The Bertz CT molecular complexity index is 212. The molecule has 3 heteroatoms. The zero-order valence-electron chi connectivity index (χ0n) is 10.9. The first-order valence-electron chi connectivity index (χ1n) is 6.64. The minimum absolute atomic E-state index is 0.195. The van der Waals surface area contributed by atoms with E-state index in [0.717, 1.165) is 18.9 Å². The van der Waals surface area contributed by atoms with Crippen molar-refractivity contribution in [1.82, 2.24) is 10.6 Å². The molecule has 1 aliphatic carbocycles. The predicted octanol–water partition coefficient (Wildman–Crippen LogP) is 2.07. The molecule has 0 spiro atoms. The Morgan fingerprint density at radius 2 is 2.06 bits per heavy atom. The predicted molar refractivity (Wildman–Crippen MR) is 67.3 cm³/mol. The van der Waals surface area contributed by atoms with Gasteiger partial charge in [0.15, 0.2) is 0 Å². The van der Waals surface area contributed by atoms with Gasteiger partial charge in [0.2, 0.25) is 5.91 Å². The summed E-state index contributed by atoms with van der Waals surface area (Å²) in [6, 6.07) is 0.861. The van der Waals surface area contributed by atoms with Crippen LogP contribution in [0.3, 0.4) is 0 Å². The number of hydrogen-bond donors (Lipinski definition) is 2. The van der Waals surface area contributed by atoms with Gasteiger partial charge in [-0.1, -0.05) is 33.6 Å². The second kappa shape index (κ2) is 6.89. The summed E-state index contributed by atoms with van der Waals surface area (Å²) in [6.07, 6.45) is 5.56. The van der Waals surface area contributed by atoms with Gasteiger partial charge in [-0.3, -0.25) is 4.79 Å². The molecule has 1 unspecified atom stereocenters. The normalized spacial score (nSPS) is 17.5. The van der Waals surface area contributed by atoms with Crippen LogP contribution < -0.4 is 10.6 Å². The van der Waals surface area contributed by atoms with Gasteiger partial charge in [-0.05, 0) is 18.8 Å². The SMILES string of the molecule is CCC(CC1CC1)NC(=O)CCNC(C)C. The molecule has 0 aromatic heterocycles. The highest BCUT2D eigenvalue weighted by molar-refractivity contribution is 5.76. The van der Waals surface area contributed by atoms with Crippen molar-refractivity contribution in [2.45, 2.75) is 65.0 Å². The molecule has 1 saturated carbocycles. The van der Waals surface area contributed by atoms with Gasteiger partial charge in [0, 0.05) is 25.0 Å². The molecule has 1 amide bonds. The van der Waals surface area contributed by atoms with Crippen LogP contribution in [0.5, 0.6) is 0 Å². The van der Waals surface area contributed by atoms with E-state index in [2.05, 4.69) is 31.4 Å². The van der Waals surface area contributed by atoms with Crippen LogP contribution in [-0.2, 0) is 4.79 Å². The average molecular weight is 226 g/mol. The van der Waals surface area contributed by atoms with E-state index >= 15 is 0 Å². The van der Waals surface area contributed by atoms with Gasteiger partial charge in [0.25, 0.3) is 0 Å². The Morgan fingerprint density at radius 3 is 2.56 bits per heavy atom. The Balaban J connectivity index is 2.10. The van der Waals surface area contributed by atoms with Crippen LogP contribution in [0.15, 0.2) is 0 Å². The second-order valence-corrected chi connectivity index (χ2v) is 5.21. The molecule has 16 heavy (non-hydrogen) atoms. The fraction of sp³-hybridized carbons (Fsp3) is 0.923. The van der Waals surface area contributed by atoms with Crippen LogP contribution in [0.25, 0.3) is 0 Å². The van der Waals surface area contributed by atoms with Crippen LogP contribution in [0.2, 0.25) is 0 Å². The van der Waals surface area contributed by atoms with E-state index in [1.165, 1.54) is 19.3 Å². The monoisotopic (exact) mass is 226 g/mol. The first kappa shape index (κ1) is 13.5. The molecule has 1 aliphatic rings. The fourth-order valence-electron chi connectivity index (χ4n) is 1.86. The summed E-state index contributed by atoms with van der Waals surface area (Å²) in [5.74, 6) is 1.08. The zero-order chi connectivity index (χ0) is 12.0. The van der Waals surface area contributed by atoms with Crippen molar-refractivity contribution in [3.63, 3.8) is 0 Å². The molecule has 2 N–H and O–H groups in total. The van der Waals surface area contributed by atoms with E-state index in [-0.39, 0.29) is 5.91 Å². The van der Waals surface area contributed by atoms with Gasteiger partial charge in [-0.2, -0.15) is 0 Å². The van der Waals surface area contributed by atoms with Crippen molar-refractivity contribution in [2.24, 2.45) is 5.92 Å². The van der Waals surface area contributed by atoms with Crippen LogP contribution in [0, 0.1) is 5.92 Å². The van der Waals surface area contributed by atoms with E-state index in [9.17, 15) is 4.79 Å². The lowest BCUT2D eigenvalue weighted by molar-refractivity contribution is -0.121. The fourth-order valence-corrected chi connectivity index (χ4v) is 1.86. The standard InChI is InChI=1S/C13H26N2O/c1-4-12(9-11-5-6-11)15-13(16)7-8-14-10(2)3/h10-12,14H,4-9H2,1-3H3,(H,15,16). The summed E-state index contributed by atoms with van der Waals surface area (Å²) < 4.78 is 0. The molecule has 0 aliphatic heterocycles. The van der Waals surface area contributed by atoms with Crippen molar-refractivity contribution in [1.29, 1.82) is 0 Å². The molecule has 0 heterocycles. The molecule has 1 rings (SSSR count). The smallest absolute Gasteiger partial charge is 0.221 e. The maximum Gasteiger partial charge on any atom is 0.221 e. The third-order valence-corrected chi connectivity index (χ3v) is 3.08. The molecule has 3 nitrogen and oxygen atoms in total. The Morgan fingerprint density at radius 1 is 1.38 bits per heavy atom. The number of hydrogen-bond acceptors (Lipinski definition) is 2. The number of carbonyl (C=O) groups excluding carboxylic acids is 1. The Labute approximate surface area is 99.4 Å². The molecule has 94 valence electrons.